The first kappa shape index (κ1) is 12.7. The fourth-order valence-electron chi connectivity index (χ4n) is 2.50. The molecule has 2 amide bonds. The van der Waals surface area contributed by atoms with Gasteiger partial charge in [-0.1, -0.05) is 0 Å². The van der Waals surface area contributed by atoms with Crippen molar-refractivity contribution >= 4 is 22.9 Å². The molecular weight excluding hydrogens is 256 g/mol. The Balaban J connectivity index is 1.75. The van der Waals surface area contributed by atoms with E-state index in [1.165, 1.54) is 0 Å². The molecule has 0 atom stereocenters. The van der Waals surface area contributed by atoms with Gasteiger partial charge in [0.05, 0.1) is 5.39 Å². The Kier molecular flexibility index (Phi) is 3.17. The number of urea groups is 1. The number of hydrogen-bond acceptors (Lipinski definition) is 4. The summed E-state index contributed by atoms with van der Waals surface area (Å²) in [7, 11) is 3.56. The van der Waals surface area contributed by atoms with Gasteiger partial charge in [-0.2, -0.15) is 0 Å². The first-order valence-electron chi connectivity index (χ1n) is 6.66. The van der Waals surface area contributed by atoms with Gasteiger partial charge in [0.1, 0.15) is 17.8 Å². The summed E-state index contributed by atoms with van der Waals surface area (Å²) in [5.74, 6) is 0.938. The zero-order valence-electron chi connectivity index (χ0n) is 11.7. The van der Waals surface area contributed by atoms with Crippen LogP contribution in [0.2, 0.25) is 0 Å². The minimum atomic E-state index is 0.0686. The van der Waals surface area contributed by atoms with E-state index in [-0.39, 0.29) is 6.03 Å². The second-order valence-corrected chi connectivity index (χ2v) is 5.09. The Morgan fingerprint density at radius 2 is 2.00 bits per heavy atom. The molecule has 0 bridgehead atoms. The standard InChI is InChI=1S/C13H18N6O/c1-17(2)13(20)19-7-5-18(6-8-19)12-10-3-4-14-11(10)15-9-16-12/h3-4,9H,5-8H2,1-2H3,(H,14,15,16). The molecule has 0 unspecified atom stereocenters. The Bertz CT molecular complexity index is 614. The van der Waals surface area contributed by atoms with Crippen LogP contribution in [-0.4, -0.2) is 71.1 Å². The lowest BCUT2D eigenvalue weighted by Crippen LogP contribution is -2.51. The van der Waals surface area contributed by atoms with Crippen LogP contribution in [0.4, 0.5) is 10.6 Å². The number of nitrogens with zero attached hydrogens (tertiary/aromatic N) is 5. The van der Waals surface area contributed by atoms with Crippen molar-refractivity contribution in [2.24, 2.45) is 0 Å². The van der Waals surface area contributed by atoms with E-state index in [4.69, 9.17) is 0 Å². The summed E-state index contributed by atoms with van der Waals surface area (Å²) in [6.07, 6.45) is 3.44. The Morgan fingerprint density at radius 1 is 1.25 bits per heavy atom. The number of fused-ring (bicyclic) bond motifs is 1. The van der Waals surface area contributed by atoms with Crippen molar-refractivity contribution in [3.8, 4) is 0 Å². The first-order valence-corrected chi connectivity index (χ1v) is 6.66. The van der Waals surface area contributed by atoms with E-state index in [0.717, 1.165) is 29.9 Å². The van der Waals surface area contributed by atoms with Gasteiger partial charge >= 0.3 is 6.03 Å². The lowest BCUT2D eigenvalue weighted by Gasteiger charge is -2.36. The van der Waals surface area contributed by atoms with Crippen molar-refractivity contribution in [3.63, 3.8) is 0 Å². The number of piperazine rings is 1. The third kappa shape index (κ3) is 2.15. The molecule has 0 aromatic carbocycles. The Hall–Kier alpha value is -2.31. The van der Waals surface area contributed by atoms with Gasteiger partial charge in [0, 0.05) is 46.5 Å². The van der Waals surface area contributed by atoms with Gasteiger partial charge in [-0.15, -0.1) is 0 Å². The summed E-state index contributed by atoms with van der Waals surface area (Å²) in [5.41, 5.74) is 0.849. The molecular formula is C13H18N6O. The normalized spacial score (nSPS) is 15.7. The molecule has 2 aromatic rings. The summed E-state index contributed by atoms with van der Waals surface area (Å²) in [4.78, 5) is 29.3. The summed E-state index contributed by atoms with van der Waals surface area (Å²) >= 11 is 0. The average Bonchev–Trinajstić information content (AvgIpc) is 2.95. The van der Waals surface area contributed by atoms with E-state index in [2.05, 4.69) is 19.9 Å². The van der Waals surface area contributed by atoms with Gasteiger partial charge < -0.3 is 19.7 Å². The largest absolute Gasteiger partial charge is 0.352 e. The predicted octanol–water partition coefficient (Wildman–Crippen LogP) is 0.761. The second-order valence-electron chi connectivity index (χ2n) is 5.09. The van der Waals surface area contributed by atoms with E-state index in [0.29, 0.717) is 13.1 Å². The minimum absolute atomic E-state index is 0.0686. The summed E-state index contributed by atoms with van der Waals surface area (Å²) < 4.78 is 0. The number of aromatic nitrogens is 3. The SMILES string of the molecule is CN(C)C(=O)N1CCN(c2ncnc3[nH]ccc23)CC1. The number of anilines is 1. The number of hydrogen-bond donors (Lipinski definition) is 1. The fourth-order valence-corrected chi connectivity index (χ4v) is 2.50. The lowest BCUT2D eigenvalue weighted by molar-refractivity contribution is 0.168. The van der Waals surface area contributed by atoms with Crippen molar-refractivity contribution in [1.29, 1.82) is 0 Å². The molecule has 0 saturated carbocycles. The average molecular weight is 274 g/mol. The monoisotopic (exact) mass is 274 g/mol. The maximum absolute atomic E-state index is 11.9. The van der Waals surface area contributed by atoms with E-state index in [1.54, 1.807) is 25.3 Å². The van der Waals surface area contributed by atoms with E-state index in [1.807, 2.05) is 17.2 Å². The van der Waals surface area contributed by atoms with Crippen LogP contribution < -0.4 is 4.90 Å². The quantitative estimate of drug-likeness (QED) is 0.833. The van der Waals surface area contributed by atoms with Crippen molar-refractivity contribution < 1.29 is 4.79 Å². The molecule has 106 valence electrons. The highest BCUT2D eigenvalue weighted by atomic mass is 16.2. The van der Waals surface area contributed by atoms with E-state index >= 15 is 0 Å². The number of nitrogens with one attached hydrogen (secondary N) is 1. The van der Waals surface area contributed by atoms with Crippen molar-refractivity contribution in [3.05, 3.63) is 18.6 Å². The van der Waals surface area contributed by atoms with E-state index < -0.39 is 0 Å². The van der Waals surface area contributed by atoms with Gasteiger partial charge in [-0.25, -0.2) is 14.8 Å². The highest BCUT2D eigenvalue weighted by Gasteiger charge is 2.23. The summed E-state index contributed by atoms with van der Waals surface area (Å²) in [6.45, 7) is 3.01. The van der Waals surface area contributed by atoms with Crippen LogP contribution in [0.25, 0.3) is 11.0 Å². The molecule has 1 saturated heterocycles. The van der Waals surface area contributed by atoms with Gasteiger partial charge in [0.2, 0.25) is 0 Å². The highest BCUT2D eigenvalue weighted by Crippen LogP contribution is 2.22. The van der Waals surface area contributed by atoms with E-state index in [9.17, 15) is 4.79 Å². The van der Waals surface area contributed by atoms with Crippen molar-refractivity contribution in [2.75, 3.05) is 45.2 Å². The zero-order valence-corrected chi connectivity index (χ0v) is 11.7. The van der Waals surface area contributed by atoms with Gasteiger partial charge in [-0.05, 0) is 6.07 Å². The van der Waals surface area contributed by atoms with Gasteiger partial charge in [0.25, 0.3) is 0 Å². The number of carbonyl (C=O) groups excluding carboxylic acids is 1. The second kappa shape index (κ2) is 4.99. The van der Waals surface area contributed by atoms with Crippen LogP contribution in [0.1, 0.15) is 0 Å². The molecule has 0 aliphatic carbocycles. The molecule has 20 heavy (non-hydrogen) atoms. The van der Waals surface area contributed by atoms with Crippen molar-refractivity contribution in [1.82, 2.24) is 24.8 Å². The number of aromatic amines is 1. The fraction of sp³-hybridized carbons (Fsp3) is 0.462. The molecule has 2 aromatic heterocycles. The molecule has 7 heteroatoms. The summed E-state index contributed by atoms with van der Waals surface area (Å²) in [6, 6.07) is 2.06. The Labute approximate surface area is 117 Å². The molecule has 7 nitrogen and oxygen atoms in total. The third-order valence-electron chi connectivity index (χ3n) is 3.57. The van der Waals surface area contributed by atoms with Crippen LogP contribution in [0, 0.1) is 0 Å². The number of amides is 2. The molecule has 0 radical (unpaired) electrons. The van der Waals surface area contributed by atoms with Crippen LogP contribution in [0.15, 0.2) is 18.6 Å². The maximum Gasteiger partial charge on any atom is 0.319 e. The third-order valence-corrected chi connectivity index (χ3v) is 3.57. The van der Waals surface area contributed by atoms with Crippen LogP contribution in [0.5, 0.6) is 0 Å². The first-order chi connectivity index (χ1) is 9.66. The minimum Gasteiger partial charge on any atom is -0.352 e. The lowest BCUT2D eigenvalue weighted by atomic mass is 10.3. The van der Waals surface area contributed by atoms with Gasteiger partial charge in [0.15, 0.2) is 0 Å². The highest BCUT2D eigenvalue weighted by molar-refractivity contribution is 5.87. The van der Waals surface area contributed by atoms with Crippen molar-refractivity contribution in [2.45, 2.75) is 0 Å². The molecule has 1 aliphatic heterocycles. The van der Waals surface area contributed by atoms with Gasteiger partial charge in [-0.3, -0.25) is 0 Å². The summed E-state index contributed by atoms with van der Waals surface area (Å²) in [5, 5.41) is 1.03. The molecule has 3 heterocycles. The molecule has 1 fully saturated rings. The van der Waals surface area contributed by atoms with Crippen LogP contribution in [-0.2, 0) is 0 Å². The molecule has 1 N–H and O–H groups in total. The topological polar surface area (TPSA) is 68.4 Å². The predicted molar refractivity (Wildman–Crippen MR) is 76.8 cm³/mol. The van der Waals surface area contributed by atoms with Crippen LogP contribution in [0.3, 0.4) is 0 Å². The molecule has 3 rings (SSSR count). The smallest absolute Gasteiger partial charge is 0.319 e. The number of rotatable bonds is 1. The molecule has 0 spiro atoms. The maximum atomic E-state index is 11.9. The Morgan fingerprint density at radius 3 is 2.70 bits per heavy atom. The van der Waals surface area contributed by atoms with Crippen LogP contribution >= 0.6 is 0 Å². The zero-order chi connectivity index (χ0) is 14.1. The number of H-pyrrole nitrogens is 1. The number of carbonyl (C=O) groups is 1. The molecule has 1 aliphatic rings.